The molecule has 6 heteroatoms. The summed E-state index contributed by atoms with van der Waals surface area (Å²) in [6, 6.07) is -0.219. The fourth-order valence-corrected chi connectivity index (χ4v) is 4.51. The highest BCUT2D eigenvalue weighted by Crippen LogP contribution is 2.21. The lowest BCUT2D eigenvalue weighted by Crippen LogP contribution is -2.48. The quantitative estimate of drug-likeness (QED) is 0.705. The molecule has 2 aliphatic heterocycles. The van der Waals surface area contributed by atoms with E-state index in [1.165, 1.54) is 0 Å². The van der Waals surface area contributed by atoms with Crippen molar-refractivity contribution in [2.75, 3.05) is 24.6 Å². The van der Waals surface area contributed by atoms with Gasteiger partial charge < -0.3 is 10.2 Å². The summed E-state index contributed by atoms with van der Waals surface area (Å²) in [4.78, 5) is 13.6. The van der Waals surface area contributed by atoms with Crippen LogP contribution in [0.2, 0.25) is 0 Å². The average Bonchev–Trinajstić information content (AvgIpc) is 2.43. The molecule has 2 rings (SSSR count). The zero-order valence-corrected chi connectivity index (χ0v) is 10.3. The summed E-state index contributed by atoms with van der Waals surface area (Å²) in [6.45, 7) is 3.26. The van der Waals surface area contributed by atoms with Crippen LogP contribution in [0.15, 0.2) is 0 Å². The Morgan fingerprint density at radius 3 is 2.88 bits per heavy atom. The molecule has 5 nitrogen and oxygen atoms in total. The molecule has 1 amide bonds. The standard InChI is InChI=1S/C10H18N2O3S/c1-2-5-12-9-7-16(14,15)6-8(9)11-4-3-10(12)13/h8-9,11H,2-7H2,1H3. The van der Waals surface area contributed by atoms with Gasteiger partial charge in [0, 0.05) is 25.6 Å². The summed E-state index contributed by atoms with van der Waals surface area (Å²) in [5.41, 5.74) is 0. The van der Waals surface area contributed by atoms with Crippen LogP contribution in [0, 0.1) is 0 Å². The minimum atomic E-state index is -2.98. The zero-order chi connectivity index (χ0) is 11.8. The molecule has 92 valence electrons. The van der Waals surface area contributed by atoms with Crippen molar-refractivity contribution in [3.05, 3.63) is 0 Å². The summed E-state index contributed by atoms with van der Waals surface area (Å²) in [5.74, 6) is 0.376. The first-order chi connectivity index (χ1) is 7.53. The van der Waals surface area contributed by atoms with Gasteiger partial charge in [0.1, 0.15) is 0 Å². The lowest BCUT2D eigenvalue weighted by Gasteiger charge is -2.29. The number of nitrogens with zero attached hydrogens (tertiary/aromatic N) is 1. The second-order valence-corrected chi connectivity index (χ2v) is 6.70. The Morgan fingerprint density at radius 1 is 1.44 bits per heavy atom. The predicted molar refractivity (Wildman–Crippen MR) is 60.9 cm³/mol. The molecule has 2 heterocycles. The molecule has 2 saturated heterocycles. The fraction of sp³-hybridized carbons (Fsp3) is 0.900. The van der Waals surface area contributed by atoms with E-state index in [-0.39, 0.29) is 29.5 Å². The molecule has 0 aromatic rings. The Bertz CT molecular complexity index is 380. The van der Waals surface area contributed by atoms with E-state index in [1.54, 1.807) is 4.90 Å². The monoisotopic (exact) mass is 246 g/mol. The summed E-state index contributed by atoms with van der Waals surface area (Å²) < 4.78 is 23.2. The first-order valence-corrected chi connectivity index (χ1v) is 7.59. The first kappa shape index (κ1) is 11.9. The summed E-state index contributed by atoms with van der Waals surface area (Å²) >= 11 is 0. The van der Waals surface area contributed by atoms with Crippen LogP contribution >= 0.6 is 0 Å². The third-order valence-corrected chi connectivity index (χ3v) is 4.97. The van der Waals surface area contributed by atoms with E-state index in [4.69, 9.17) is 0 Å². The Labute approximate surface area is 96.1 Å². The van der Waals surface area contributed by atoms with Gasteiger partial charge in [0.2, 0.25) is 5.91 Å². The van der Waals surface area contributed by atoms with E-state index in [0.29, 0.717) is 19.5 Å². The van der Waals surface area contributed by atoms with Crippen LogP contribution in [-0.2, 0) is 14.6 Å². The van der Waals surface area contributed by atoms with Crippen molar-refractivity contribution < 1.29 is 13.2 Å². The molecule has 16 heavy (non-hydrogen) atoms. The highest BCUT2D eigenvalue weighted by atomic mass is 32.2. The molecule has 2 unspecified atom stereocenters. The molecule has 0 aromatic heterocycles. The fourth-order valence-electron chi connectivity index (χ4n) is 2.56. The van der Waals surface area contributed by atoms with Gasteiger partial charge >= 0.3 is 0 Å². The van der Waals surface area contributed by atoms with E-state index in [1.807, 2.05) is 6.92 Å². The van der Waals surface area contributed by atoms with Crippen molar-refractivity contribution in [3.63, 3.8) is 0 Å². The number of amides is 1. The second kappa shape index (κ2) is 4.33. The maximum absolute atomic E-state index is 11.8. The van der Waals surface area contributed by atoms with Crippen molar-refractivity contribution in [2.45, 2.75) is 31.8 Å². The number of nitrogens with one attached hydrogen (secondary N) is 1. The van der Waals surface area contributed by atoms with Crippen LogP contribution in [0.1, 0.15) is 19.8 Å². The molecule has 0 spiro atoms. The number of hydrogen-bond acceptors (Lipinski definition) is 4. The lowest BCUT2D eigenvalue weighted by atomic mass is 10.1. The second-order valence-electron chi connectivity index (χ2n) is 4.54. The Balaban J connectivity index is 2.23. The minimum absolute atomic E-state index is 0.0667. The van der Waals surface area contributed by atoms with Gasteiger partial charge in [-0.15, -0.1) is 0 Å². The van der Waals surface area contributed by atoms with Crippen molar-refractivity contribution in [1.82, 2.24) is 10.2 Å². The van der Waals surface area contributed by atoms with Gasteiger partial charge in [0.15, 0.2) is 9.84 Å². The Kier molecular flexibility index (Phi) is 3.21. The third kappa shape index (κ3) is 2.22. The van der Waals surface area contributed by atoms with Crippen LogP contribution in [0.5, 0.6) is 0 Å². The lowest BCUT2D eigenvalue weighted by molar-refractivity contribution is -0.132. The van der Waals surface area contributed by atoms with E-state index in [0.717, 1.165) is 6.42 Å². The van der Waals surface area contributed by atoms with Gasteiger partial charge in [-0.2, -0.15) is 0 Å². The van der Waals surface area contributed by atoms with E-state index in [9.17, 15) is 13.2 Å². The van der Waals surface area contributed by atoms with E-state index < -0.39 is 9.84 Å². The molecule has 0 radical (unpaired) electrons. The van der Waals surface area contributed by atoms with Gasteiger partial charge in [0.25, 0.3) is 0 Å². The third-order valence-electron chi connectivity index (χ3n) is 3.25. The number of carbonyl (C=O) groups excluding carboxylic acids is 1. The zero-order valence-electron chi connectivity index (χ0n) is 9.48. The highest BCUT2D eigenvalue weighted by Gasteiger charge is 2.43. The van der Waals surface area contributed by atoms with E-state index in [2.05, 4.69) is 5.32 Å². The SMILES string of the molecule is CCCN1C(=O)CCNC2CS(=O)(=O)CC21. The molecule has 0 bridgehead atoms. The van der Waals surface area contributed by atoms with Crippen LogP contribution < -0.4 is 5.32 Å². The van der Waals surface area contributed by atoms with Gasteiger partial charge in [-0.25, -0.2) is 8.42 Å². The molecule has 0 saturated carbocycles. The molecule has 1 N–H and O–H groups in total. The number of hydrogen-bond donors (Lipinski definition) is 1. The molecule has 0 aliphatic carbocycles. The minimum Gasteiger partial charge on any atom is -0.337 e. The largest absolute Gasteiger partial charge is 0.337 e. The predicted octanol–water partition coefficient (Wildman–Crippen LogP) is -0.616. The number of fused-ring (bicyclic) bond motifs is 1. The summed E-state index contributed by atoms with van der Waals surface area (Å²) in [7, 11) is -2.98. The topological polar surface area (TPSA) is 66.5 Å². The normalized spacial score (nSPS) is 33.6. The maximum atomic E-state index is 11.8. The molecular formula is C10H18N2O3S. The van der Waals surface area contributed by atoms with Crippen LogP contribution in [-0.4, -0.2) is 55.9 Å². The van der Waals surface area contributed by atoms with Gasteiger partial charge in [-0.1, -0.05) is 6.92 Å². The van der Waals surface area contributed by atoms with Crippen molar-refractivity contribution in [2.24, 2.45) is 0 Å². The van der Waals surface area contributed by atoms with Gasteiger partial charge in [0.05, 0.1) is 17.5 Å². The maximum Gasteiger partial charge on any atom is 0.224 e. The molecular weight excluding hydrogens is 228 g/mol. The Hall–Kier alpha value is -0.620. The Morgan fingerprint density at radius 2 is 2.19 bits per heavy atom. The average molecular weight is 246 g/mol. The van der Waals surface area contributed by atoms with Crippen molar-refractivity contribution in [3.8, 4) is 0 Å². The van der Waals surface area contributed by atoms with E-state index >= 15 is 0 Å². The summed E-state index contributed by atoms with van der Waals surface area (Å²) in [5, 5.41) is 3.18. The van der Waals surface area contributed by atoms with Crippen LogP contribution in [0.25, 0.3) is 0 Å². The molecule has 2 atom stereocenters. The smallest absolute Gasteiger partial charge is 0.224 e. The molecule has 2 fully saturated rings. The van der Waals surface area contributed by atoms with Crippen molar-refractivity contribution >= 4 is 15.7 Å². The van der Waals surface area contributed by atoms with Crippen LogP contribution in [0.3, 0.4) is 0 Å². The molecule has 0 aromatic carbocycles. The van der Waals surface area contributed by atoms with Gasteiger partial charge in [-0.3, -0.25) is 4.79 Å². The number of carbonyl (C=O) groups is 1. The number of rotatable bonds is 2. The first-order valence-electron chi connectivity index (χ1n) is 5.77. The highest BCUT2D eigenvalue weighted by molar-refractivity contribution is 7.91. The van der Waals surface area contributed by atoms with Crippen molar-refractivity contribution in [1.29, 1.82) is 0 Å². The van der Waals surface area contributed by atoms with Crippen LogP contribution in [0.4, 0.5) is 0 Å². The van der Waals surface area contributed by atoms with Gasteiger partial charge in [-0.05, 0) is 6.42 Å². The molecule has 2 aliphatic rings. The number of sulfone groups is 1. The summed E-state index contributed by atoms with van der Waals surface area (Å²) in [6.07, 6.45) is 1.35.